The van der Waals surface area contributed by atoms with Crippen LogP contribution in [-0.4, -0.2) is 34.2 Å². The van der Waals surface area contributed by atoms with Crippen molar-refractivity contribution in [2.24, 2.45) is 0 Å². The third-order valence-corrected chi connectivity index (χ3v) is 5.33. The molecule has 0 spiro atoms. The van der Waals surface area contributed by atoms with Gasteiger partial charge in [0, 0.05) is 5.25 Å². The van der Waals surface area contributed by atoms with Gasteiger partial charge in [0.1, 0.15) is 4.75 Å². The van der Waals surface area contributed by atoms with Gasteiger partial charge in [0.25, 0.3) is 0 Å². The van der Waals surface area contributed by atoms with Gasteiger partial charge in [0.05, 0.1) is 0 Å². The Morgan fingerprint density at radius 3 is 2.40 bits per heavy atom. The number of carboxylic acids is 1. The number of aliphatic carboxylic acids is 1. The van der Waals surface area contributed by atoms with Crippen LogP contribution < -0.4 is 5.32 Å². The Morgan fingerprint density at radius 2 is 1.87 bits per heavy atom. The van der Waals surface area contributed by atoms with E-state index in [-0.39, 0.29) is 0 Å². The molecule has 0 aromatic rings. The van der Waals surface area contributed by atoms with E-state index in [0.29, 0.717) is 5.25 Å². The molecule has 1 aliphatic heterocycles. The third-order valence-electron chi connectivity index (χ3n) is 3.50. The Labute approximate surface area is 95.0 Å². The summed E-state index contributed by atoms with van der Waals surface area (Å²) in [4.78, 5) is 11.4. The molecule has 2 fully saturated rings. The number of hydrogen-bond acceptors (Lipinski definition) is 3. The first kappa shape index (κ1) is 11.3. The molecule has 4 heteroatoms. The fourth-order valence-corrected chi connectivity index (χ4v) is 4.29. The standard InChI is InChI=1S/C11H19NO2S/c13-10(14)11(5-7-12-8-6-11)15-9-3-1-2-4-9/h9,12H,1-8H2,(H,13,14). The summed E-state index contributed by atoms with van der Waals surface area (Å²) in [5.41, 5.74) is 0. The maximum Gasteiger partial charge on any atom is 0.319 e. The normalized spacial score (nSPS) is 26.7. The molecule has 1 heterocycles. The number of hydrogen-bond donors (Lipinski definition) is 2. The van der Waals surface area contributed by atoms with Crippen molar-refractivity contribution in [2.45, 2.75) is 48.5 Å². The summed E-state index contributed by atoms with van der Waals surface area (Å²) in [5, 5.41) is 13.2. The number of thioether (sulfide) groups is 1. The zero-order valence-corrected chi connectivity index (χ0v) is 9.81. The van der Waals surface area contributed by atoms with E-state index < -0.39 is 10.7 Å². The van der Waals surface area contributed by atoms with Crippen LogP contribution in [0.1, 0.15) is 38.5 Å². The summed E-state index contributed by atoms with van der Waals surface area (Å²) in [6, 6.07) is 0. The average molecular weight is 229 g/mol. The van der Waals surface area contributed by atoms with Crippen molar-refractivity contribution >= 4 is 17.7 Å². The molecule has 0 atom stereocenters. The highest BCUT2D eigenvalue weighted by Crippen LogP contribution is 2.42. The van der Waals surface area contributed by atoms with Gasteiger partial charge < -0.3 is 10.4 Å². The Morgan fingerprint density at radius 1 is 1.27 bits per heavy atom. The minimum Gasteiger partial charge on any atom is -0.480 e. The summed E-state index contributed by atoms with van der Waals surface area (Å²) < 4.78 is -0.486. The number of nitrogens with one attached hydrogen (secondary N) is 1. The van der Waals surface area contributed by atoms with E-state index in [1.165, 1.54) is 25.7 Å². The summed E-state index contributed by atoms with van der Waals surface area (Å²) in [5.74, 6) is -0.596. The van der Waals surface area contributed by atoms with Gasteiger partial charge >= 0.3 is 5.97 Å². The van der Waals surface area contributed by atoms with Crippen molar-refractivity contribution in [1.29, 1.82) is 0 Å². The van der Waals surface area contributed by atoms with E-state index in [2.05, 4.69) is 5.32 Å². The first-order valence-electron chi connectivity index (χ1n) is 5.85. The lowest BCUT2D eigenvalue weighted by Crippen LogP contribution is -2.46. The maximum atomic E-state index is 11.4. The van der Waals surface area contributed by atoms with Crippen LogP contribution >= 0.6 is 11.8 Å². The Hall–Kier alpha value is -0.220. The minimum atomic E-state index is -0.596. The summed E-state index contributed by atoms with van der Waals surface area (Å²) in [7, 11) is 0. The molecule has 0 aromatic heterocycles. The van der Waals surface area contributed by atoms with E-state index in [9.17, 15) is 9.90 Å². The van der Waals surface area contributed by atoms with Crippen LogP contribution in [0.4, 0.5) is 0 Å². The smallest absolute Gasteiger partial charge is 0.319 e. The third kappa shape index (κ3) is 2.48. The van der Waals surface area contributed by atoms with Gasteiger partial charge in [-0.3, -0.25) is 4.79 Å². The van der Waals surface area contributed by atoms with Crippen molar-refractivity contribution in [3.63, 3.8) is 0 Å². The molecular formula is C11H19NO2S. The highest BCUT2D eigenvalue weighted by Gasteiger charge is 2.42. The maximum absolute atomic E-state index is 11.4. The number of piperidine rings is 1. The van der Waals surface area contributed by atoms with Crippen molar-refractivity contribution in [2.75, 3.05) is 13.1 Å². The molecular weight excluding hydrogens is 210 g/mol. The molecule has 1 saturated carbocycles. The number of carbonyl (C=O) groups is 1. The monoisotopic (exact) mass is 229 g/mol. The van der Waals surface area contributed by atoms with E-state index in [0.717, 1.165) is 25.9 Å². The molecule has 0 unspecified atom stereocenters. The number of rotatable bonds is 3. The summed E-state index contributed by atoms with van der Waals surface area (Å²) in [6.07, 6.45) is 6.56. The molecule has 2 aliphatic rings. The van der Waals surface area contributed by atoms with Gasteiger partial charge in [-0.2, -0.15) is 0 Å². The molecule has 0 radical (unpaired) electrons. The molecule has 3 nitrogen and oxygen atoms in total. The average Bonchev–Trinajstić information content (AvgIpc) is 2.71. The molecule has 0 bridgehead atoms. The second-order valence-electron chi connectivity index (χ2n) is 4.57. The van der Waals surface area contributed by atoms with E-state index in [1.807, 2.05) is 0 Å². The highest BCUT2D eigenvalue weighted by molar-refractivity contribution is 8.02. The minimum absolute atomic E-state index is 0.486. The fourth-order valence-electron chi connectivity index (χ4n) is 2.54. The second-order valence-corrected chi connectivity index (χ2v) is 6.26. The Balaban J connectivity index is 2.00. The molecule has 86 valence electrons. The first-order valence-corrected chi connectivity index (χ1v) is 6.73. The van der Waals surface area contributed by atoms with E-state index in [4.69, 9.17) is 0 Å². The summed E-state index contributed by atoms with van der Waals surface area (Å²) in [6.45, 7) is 1.71. The Bertz CT molecular complexity index is 233. The van der Waals surface area contributed by atoms with Crippen molar-refractivity contribution < 1.29 is 9.90 Å². The van der Waals surface area contributed by atoms with Crippen LogP contribution in [0.25, 0.3) is 0 Å². The Kier molecular flexibility index (Phi) is 3.57. The number of carboxylic acid groups (broad SMARTS) is 1. The van der Waals surface area contributed by atoms with Gasteiger partial charge in [-0.15, -0.1) is 11.8 Å². The molecule has 2 rings (SSSR count). The quantitative estimate of drug-likeness (QED) is 0.775. The SMILES string of the molecule is O=C(O)C1(SC2CCCC2)CCNCC1. The molecule has 2 N–H and O–H groups in total. The van der Waals surface area contributed by atoms with E-state index in [1.54, 1.807) is 11.8 Å². The lowest BCUT2D eigenvalue weighted by atomic mass is 9.97. The van der Waals surface area contributed by atoms with Crippen molar-refractivity contribution in [1.82, 2.24) is 5.32 Å². The molecule has 15 heavy (non-hydrogen) atoms. The highest BCUT2D eigenvalue weighted by atomic mass is 32.2. The van der Waals surface area contributed by atoms with Crippen molar-refractivity contribution in [3.8, 4) is 0 Å². The lowest BCUT2D eigenvalue weighted by molar-refractivity contribution is -0.140. The zero-order chi connectivity index (χ0) is 10.7. The van der Waals surface area contributed by atoms with Gasteiger partial charge in [-0.05, 0) is 38.8 Å². The van der Waals surface area contributed by atoms with Gasteiger partial charge in [0.15, 0.2) is 0 Å². The summed E-state index contributed by atoms with van der Waals surface area (Å²) >= 11 is 1.74. The van der Waals surface area contributed by atoms with Gasteiger partial charge in [-0.25, -0.2) is 0 Å². The lowest BCUT2D eigenvalue weighted by Gasteiger charge is -2.35. The predicted octanol–water partition coefficient (Wildman–Crippen LogP) is 1.87. The van der Waals surface area contributed by atoms with E-state index >= 15 is 0 Å². The molecule has 0 amide bonds. The first-order chi connectivity index (χ1) is 7.23. The van der Waals surface area contributed by atoms with Crippen LogP contribution in [0.5, 0.6) is 0 Å². The topological polar surface area (TPSA) is 49.3 Å². The zero-order valence-electron chi connectivity index (χ0n) is 9.00. The largest absolute Gasteiger partial charge is 0.480 e. The second kappa shape index (κ2) is 4.74. The van der Waals surface area contributed by atoms with Crippen molar-refractivity contribution in [3.05, 3.63) is 0 Å². The predicted molar refractivity (Wildman–Crippen MR) is 62.3 cm³/mol. The van der Waals surface area contributed by atoms with Crippen LogP contribution in [0.15, 0.2) is 0 Å². The molecule has 1 saturated heterocycles. The van der Waals surface area contributed by atoms with Gasteiger partial charge in [0.2, 0.25) is 0 Å². The van der Waals surface area contributed by atoms with Crippen LogP contribution in [0, 0.1) is 0 Å². The van der Waals surface area contributed by atoms with Crippen LogP contribution in [-0.2, 0) is 4.79 Å². The van der Waals surface area contributed by atoms with Gasteiger partial charge in [-0.1, -0.05) is 12.8 Å². The fraction of sp³-hybridized carbons (Fsp3) is 0.909. The van der Waals surface area contributed by atoms with Crippen LogP contribution in [0.3, 0.4) is 0 Å². The van der Waals surface area contributed by atoms with Crippen LogP contribution in [0.2, 0.25) is 0 Å². The molecule has 0 aromatic carbocycles. The molecule has 1 aliphatic carbocycles.